The van der Waals surface area contributed by atoms with E-state index < -0.39 is 22.0 Å². The van der Waals surface area contributed by atoms with Crippen LogP contribution in [0.4, 0.5) is 0 Å². The van der Waals surface area contributed by atoms with E-state index in [1.54, 1.807) is 25.2 Å². The Bertz CT molecular complexity index is 1580. The number of sulfonamides is 1. The Morgan fingerprint density at radius 3 is 2.21 bits per heavy atom. The van der Waals surface area contributed by atoms with Crippen LogP contribution in [0.1, 0.15) is 51.6 Å². The Hall–Kier alpha value is -3.82. The van der Waals surface area contributed by atoms with Crippen molar-refractivity contribution in [3.05, 3.63) is 34.2 Å². The number of nitrogens with one attached hydrogen (secondary N) is 1. The molecule has 2 aromatic heterocycles. The van der Waals surface area contributed by atoms with Crippen molar-refractivity contribution >= 4 is 33.0 Å². The molecule has 1 aliphatic heterocycles. The van der Waals surface area contributed by atoms with E-state index in [0.717, 1.165) is 12.1 Å². The van der Waals surface area contributed by atoms with Gasteiger partial charge in [0, 0.05) is 46.1 Å². The van der Waals surface area contributed by atoms with Gasteiger partial charge in [-0.3, -0.25) is 19.1 Å². The van der Waals surface area contributed by atoms with Crippen molar-refractivity contribution in [2.75, 3.05) is 39.8 Å². The van der Waals surface area contributed by atoms with Crippen LogP contribution in [0, 0.1) is 0 Å². The molecule has 1 saturated heterocycles. The number of carbonyl (C=O) groups is 2. The third-order valence-corrected chi connectivity index (χ3v) is 8.78. The van der Waals surface area contributed by atoms with Crippen molar-refractivity contribution in [1.29, 1.82) is 0 Å². The maximum Gasteiger partial charge on any atom is 0.303 e. The maximum absolute atomic E-state index is 13.3. The number of hydrogen-bond donors (Lipinski definition) is 3. The van der Waals surface area contributed by atoms with Crippen molar-refractivity contribution in [2.45, 2.75) is 57.3 Å². The number of piperazine rings is 1. The van der Waals surface area contributed by atoms with Gasteiger partial charge in [0.1, 0.15) is 17.1 Å². The van der Waals surface area contributed by atoms with E-state index in [1.807, 2.05) is 20.9 Å². The fourth-order valence-electron chi connectivity index (χ4n) is 4.65. The Kier molecular flexibility index (Phi) is 11.8. The van der Waals surface area contributed by atoms with Gasteiger partial charge in [0.25, 0.3) is 5.56 Å². The fourth-order valence-corrected chi connectivity index (χ4v) is 6.09. The number of hydrogen-bond acceptors (Lipinski definition) is 9. The highest BCUT2D eigenvalue weighted by Gasteiger charge is 2.29. The Morgan fingerprint density at radius 2 is 1.65 bits per heavy atom. The molecule has 1 aliphatic rings. The second-order valence-electron chi connectivity index (χ2n) is 10.2. The standard InChI is InChI=1S/C22H30N6O4S.C6H10O4/c1-5-7-17-19-20(27(4)25-17)22(29)24-21(23-19)16-14-15(8-9-18(16)32-6-2)33(30,31)28-12-10-26(3)11-13-28;7-5(8)3-1-2-4-6(9)10/h8-9,14H,5-7,10-13H2,1-4H3,(H,23,24,29);1-4H2,(H,7,8)(H,9,10). The number of fused-ring (bicyclic) bond motifs is 1. The van der Waals surface area contributed by atoms with Crippen molar-refractivity contribution < 1.29 is 33.0 Å². The molecule has 0 bridgehead atoms. The summed E-state index contributed by atoms with van der Waals surface area (Å²) >= 11 is 0. The minimum atomic E-state index is -3.70. The van der Waals surface area contributed by atoms with Crippen molar-refractivity contribution in [3.63, 3.8) is 0 Å². The Balaban J connectivity index is 0.000000436. The molecule has 236 valence electrons. The number of carboxylic acids is 2. The quantitative estimate of drug-likeness (QED) is 0.252. The lowest BCUT2D eigenvalue weighted by Crippen LogP contribution is -2.47. The molecule has 1 fully saturated rings. The molecule has 0 radical (unpaired) electrons. The SMILES string of the molecule is CCCc1nn(C)c2c(=O)[nH]c(-c3cc(S(=O)(=O)N4CCN(C)CC4)ccc3OCC)nc12.O=C(O)CCCCC(=O)O. The summed E-state index contributed by atoms with van der Waals surface area (Å²) in [5.41, 5.74) is 1.75. The molecule has 0 amide bonds. The van der Waals surface area contributed by atoms with Gasteiger partial charge in [-0.05, 0) is 51.4 Å². The molecular weight excluding hydrogens is 580 g/mol. The molecule has 3 heterocycles. The molecule has 15 heteroatoms. The largest absolute Gasteiger partial charge is 0.493 e. The molecule has 4 rings (SSSR count). The number of rotatable bonds is 12. The molecule has 3 aromatic rings. The molecule has 1 aromatic carbocycles. The zero-order chi connectivity index (χ0) is 31.7. The van der Waals surface area contributed by atoms with E-state index in [1.165, 1.54) is 8.99 Å². The number of benzene rings is 1. The highest BCUT2D eigenvalue weighted by Crippen LogP contribution is 2.32. The summed E-state index contributed by atoms with van der Waals surface area (Å²) in [6, 6.07) is 4.71. The third-order valence-electron chi connectivity index (χ3n) is 6.89. The maximum atomic E-state index is 13.3. The van der Waals surface area contributed by atoms with Gasteiger partial charge in [0.05, 0.1) is 22.8 Å². The summed E-state index contributed by atoms with van der Waals surface area (Å²) in [4.78, 5) is 42.5. The van der Waals surface area contributed by atoms with E-state index >= 15 is 0 Å². The number of carboxylic acid groups (broad SMARTS) is 2. The molecule has 0 unspecified atom stereocenters. The Morgan fingerprint density at radius 1 is 1.02 bits per heavy atom. The highest BCUT2D eigenvalue weighted by atomic mass is 32.2. The number of nitrogens with zero attached hydrogens (tertiary/aromatic N) is 5. The van der Waals surface area contributed by atoms with Gasteiger partial charge < -0.3 is 24.8 Å². The fraction of sp³-hybridized carbons (Fsp3) is 0.536. The molecule has 0 aliphatic carbocycles. The summed E-state index contributed by atoms with van der Waals surface area (Å²) in [7, 11) is -0.00831. The van der Waals surface area contributed by atoms with Crippen LogP contribution in [0.15, 0.2) is 27.9 Å². The lowest BCUT2D eigenvalue weighted by molar-refractivity contribution is -0.139. The van der Waals surface area contributed by atoms with Crippen LogP contribution in [-0.4, -0.2) is 99.4 Å². The van der Waals surface area contributed by atoms with E-state index in [4.69, 9.17) is 19.9 Å². The van der Waals surface area contributed by atoms with E-state index in [9.17, 15) is 22.8 Å². The van der Waals surface area contributed by atoms with Crippen LogP contribution < -0.4 is 10.3 Å². The predicted molar refractivity (Wildman–Crippen MR) is 160 cm³/mol. The summed E-state index contributed by atoms with van der Waals surface area (Å²) in [5.74, 6) is -1.02. The van der Waals surface area contributed by atoms with Gasteiger partial charge >= 0.3 is 11.9 Å². The number of unbranched alkanes of at least 4 members (excludes halogenated alkanes) is 1. The van der Waals surface area contributed by atoms with E-state index in [-0.39, 0.29) is 29.1 Å². The summed E-state index contributed by atoms with van der Waals surface area (Å²) in [6.45, 7) is 6.48. The highest BCUT2D eigenvalue weighted by molar-refractivity contribution is 7.89. The zero-order valence-corrected chi connectivity index (χ0v) is 25.8. The molecule has 3 N–H and O–H groups in total. The van der Waals surface area contributed by atoms with Gasteiger partial charge in [-0.25, -0.2) is 13.4 Å². The number of aromatic amines is 1. The first-order chi connectivity index (χ1) is 20.4. The summed E-state index contributed by atoms with van der Waals surface area (Å²) in [6.07, 6.45) is 2.56. The second-order valence-corrected chi connectivity index (χ2v) is 12.2. The van der Waals surface area contributed by atoms with Gasteiger partial charge in [-0.15, -0.1) is 0 Å². The molecule has 14 nitrogen and oxygen atoms in total. The minimum Gasteiger partial charge on any atom is -0.493 e. The van der Waals surface area contributed by atoms with Crippen molar-refractivity contribution in [3.8, 4) is 17.1 Å². The first kappa shape index (κ1) is 33.7. The molecule has 0 saturated carbocycles. The molecule has 0 spiro atoms. The van der Waals surface area contributed by atoms with Gasteiger partial charge in [-0.1, -0.05) is 13.3 Å². The van der Waals surface area contributed by atoms with Crippen LogP contribution in [0.2, 0.25) is 0 Å². The van der Waals surface area contributed by atoms with Gasteiger partial charge in [0.15, 0.2) is 5.52 Å². The van der Waals surface area contributed by atoms with Crippen molar-refractivity contribution in [2.24, 2.45) is 7.05 Å². The molecule has 0 atom stereocenters. The lowest BCUT2D eigenvalue weighted by atomic mass is 10.1. The smallest absolute Gasteiger partial charge is 0.303 e. The van der Waals surface area contributed by atoms with Crippen molar-refractivity contribution in [1.82, 2.24) is 29.0 Å². The number of likely N-dealkylation sites (N-methyl/N-ethyl adjacent to an activating group) is 1. The number of H-pyrrole nitrogens is 1. The molecular formula is C28H40N6O8S. The van der Waals surface area contributed by atoms with Crippen LogP contribution in [-0.2, 0) is 33.1 Å². The summed E-state index contributed by atoms with van der Waals surface area (Å²) < 4.78 is 35.4. The van der Waals surface area contributed by atoms with Crippen LogP contribution in [0.25, 0.3) is 22.4 Å². The summed E-state index contributed by atoms with van der Waals surface area (Å²) in [5, 5.41) is 20.7. The minimum absolute atomic E-state index is 0.0628. The Labute approximate surface area is 250 Å². The topological polar surface area (TPSA) is 188 Å². The van der Waals surface area contributed by atoms with Crippen LogP contribution >= 0.6 is 0 Å². The zero-order valence-electron chi connectivity index (χ0n) is 25.0. The van der Waals surface area contributed by atoms with Crippen LogP contribution in [0.3, 0.4) is 0 Å². The van der Waals surface area contributed by atoms with E-state index in [2.05, 4.69) is 15.0 Å². The number of ether oxygens (including phenoxy) is 1. The number of aryl methyl sites for hydroxylation is 2. The van der Waals surface area contributed by atoms with E-state index in [0.29, 0.717) is 74.4 Å². The average molecular weight is 621 g/mol. The average Bonchev–Trinajstić information content (AvgIpc) is 3.27. The van der Waals surface area contributed by atoms with Crippen LogP contribution in [0.5, 0.6) is 5.75 Å². The number of aliphatic carboxylic acids is 2. The normalized spacial score (nSPS) is 14.3. The third kappa shape index (κ3) is 8.61. The van der Waals surface area contributed by atoms with Gasteiger partial charge in [-0.2, -0.15) is 9.40 Å². The first-order valence-electron chi connectivity index (χ1n) is 14.2. The van der Waals surface area contributed by atoms with Gasteiger partial charge in [0.2, 0.25) is 10.0 Å². The molecule has 43 heavy (non-hydrogen) atoms. The monoisotopic (exact) mass is 620 g/mol. The predicted octanol–water partition coefficient (Wildman–Crippen LogP) is 2.33. The first-order valence-corrected chi connectivity index (χ1v) is 15.7. The number of aromatic nitrogens is 4. The second kappa shape index (κ2) is 15.1. The lowest BCUT2D eigenvalue weighted by Gasteiger charge is -2.31.